The predicted octanol–water partition coefficient (Wildman–Crippen LogP) is 2.13. The maximum atomic E-state index is 13.8. The number of nitrogens with two attached hydrogens (primary N) is 1. The van der Waals surface area contributed by atoms with Gasteiger partial charge < -0.3 is 10.6 Å². The van der Waals surface area contributed by atoms with Crippen molar-refractivity contribution in [3.8, 4) is 0 Å². The van der Waals surface area contributed by atoms with Gasteiger partial charge in [-0.1, -0.05) is 18.2 Å². The third kappa shape index (κ3) is 3.13. The van der Waals surface area contributed by atoms with Gasteiger partial charge in [-0.15, -0.1) is 0 Å². The van der Waals surface area contributed by atoms with Gasteiger partial charge in [0.05, 0.1) is 5.69 Å². The zero-order chi connectivity index (χ0) is 14.7. The maximum absolute atomic E-state index is 13.8. The van der Waals surface area contributed by atoms with Crippen molar-refractivity contribution in [2.45, 2.75) is 6.54 Å². The molecule has 0 radical (unpaired) electrons. The predicted molar refractivity (Wildman–Crippen MR) is 82.5 cm³/mol. The number of nitrogen functional groups attached to an aromatic ring is 1. The fourth-order valence-electron chi connectivity index (χ4n) is 2.68. The van der Waals surface area contributed by atoms with Crippen LogP contribution >= 0.6 is 0 Å². The van der Waals surface area contributed by atoms with Crippen molar-refractivity contribution < 1.29 is 4.39 Å². The first-order chi connectivity index (χ1) is 10.2. The summed E-state index contributed by atoms with van der Waals surface area (Å²) < 4.78 is 13.8. The molecule has 1 aromatic carbocycles. The number of para-hydroxylation sites is 1. The van der Waals surface area contributed by atoms with Gasteiger partial charge in [-0.2, -0.15) is 0 Å². The summed E-state index contributed by atoms with van der Waals surface area (Å²) in [6.07, 6.45) is 1.70. The second-order valence-corrected chi connectivity index (χ2v) is 5.26. The van der Waals surface area contributed by atoms with Gasteiger partial charge in [0.15, 0.2) is 0 Å². The second kappa shape index (κ2) is 6.10. The Labute approximate surface area is 124 Å². The Kier molecular flexibility index (Phi) is 4.01. The molecule has 0 aliphatic carbocycles. The first-order valence-electron chi connectivity index (χ1n) is 7.15. The van der Waals surface area contributed by atoms with Gasteiger partial charge in [0, 0.05) is 44.5 Å². The number of rotatable bonds is 3. The molecule has 0 amide bonds. The Morgan fingerprint density at radius 3 is 2.52 bits per heavy atom. The van der Waals surface area contributed by atoms with E-state index >= 15 is 0 Å². The third-order valence-electron chi connectivity index (χ3n) is 3.89. The number of hydrogen-bond donors (Lipinski definition) is 1. The maximum Gasteiger partial charge on any atom is 0.146 e. The molecule has 0 saturated carbocycles. The van der Waals surface area contributed by atoms with E-state index in [1.54, 1.807) is 12.3 Å². The summed E-state index contributed by atoms with van der Waals surface area (Å²) in [5, 5.41) is 0. The van der Waals surface area contributed by atoms with E-state index in [4.69, 9.17) is 5.73 Å². The van der Waals surface area contributed by atoms with Crippen LogP contribution in [-0.2, 0) is 6.54 Å². The van der Waals surface area contributed by atoms with Crippen molar-refractivity contribution in [1.82, 2.24) is 9.88 Å². The first-order valence-corrected chi connectivity index (χ1v) is 7.15. The fourth-order valence-corrected chi connectivity index (χ4v) is 2.68. The highest BCUT2D eigenvalue weighted by atomic mass is 19.1. The van der Waals surface area contributed by atoms with E-state index in [0.717, 1.165) is 38.3 Å². The van der Waals surface area contributed by atoms with Crippen LogP contribution < -0.4 is 10.6 Å². The van der Waals surface area contributed by atoms with E-state index in [1.807, 2.05) is 24.3 Å². The SMILES string of the molecule is Nc1ncccc1CN1CCN(c2ccccc2F)CC1. The zero-order valence-corrected chi connectivity index (χ0v) is 11.9. The van der Waals surface area contributed by atoms with Crippen LogP contribution in [0.2, 0.25) is 0 Å². The number of benzene rings is 1. The van der Waals surface area contributed by atoms with Crippen molar-refractivity contribution in [1.29, 1.82) is 0 Å². The van der Waals surface area contributed by atoms with Crippen LogP contribution in [-0.4, -0.2) is 36.1 Å². The average Bonchev–Trinajstić information content (AvgIpc) is 2.51. The molecular formula is C16H19FN4. The van der Waals surface area contributed by atoms with Crippen LogP contribution in [0.15, 0.2) is 42.6 Å². The number of halogens is 1. The minimum atomic E-state index is -0.151. The summed E-state index contributed by atoms with van der Waals surface area (Å²) in [5.41, 5.74) is 7.62. The topological polar surface area (TPSA) is 45.4 Å². The molecule has 4 nitrogen and oxygen atoms in total. The largest absolute Gasteiger partial charge is 0.383 e. The number of nitrogens with zero attached hydrogens (tertiary/aromatic N) is 3. The molecule has 3 rings (SSSR count). The Balaban J connectivity index is 1.61. The first kappa shape index (κ1) is 13.8. The lowest BCUT2D eigenvalue weighted by molar-refractivity contribution is 0.249. The van der Waals surface area contributed by atoms with E-state index in [9.17, 15) is 4.39 Å². The molecule has 2 heterocycles. The molecule has 110 valence electrons. The van der Waals surface area contributed by atoms with E-state index in [1.165, 1.54) is 6.07 Å². The number of anilines is 2. The van der Waals surface area contributed by atoms with E-state index in [2.05, 4.69) is 14.8 Å². The highest BCUT2D eigenvalue weighted by molar-refractivity contribution is 5.48. The number of aromatic nitrogens is 1. The molecule has 1 saturated heterocycles. The number of piperazine rings is 1. The standard InChI is InChI=1S/C16H19FN4/c17-14-5-1-2-6-15(14)21-10-8-20(9-11-21)12-13-4-3-7-19-16(13)18/h1-7H,8-12H2,(H2,18,19). The highest BCUT2D eigenvalue weighted by Gasteiger charge is 2.19. The molecule has 0 spiro atoms. The molecule has 2 N–H and O–H groups in total. The Morgan fingerprint density at radius 2 is 1.81 bits per heavy atom. The van der Waals surface area contributed by atoms with Crippen molar-refractivity contribution in [3.05, 3.63) is 54.0 Å². The highest BCUT2D eigenvalue weighted by Crippen LogP contribution is 2.21. The van der Waals surface area contributed by atoms with Crippen LogP contribution in [0.25, 0.3) is 0 Å². The van der Waals surface area contributed by atoms with Gasteiger partial charge in [-0.3, -0.25) is 4.90 Å². The number of pyridine rings is 1. The normalized spacial score (nSPS) is 16.1. The van der Waals surface area contributed by atoms with E-state index in [0.29, 0.717) is 11.5 Å². The summed E-state index contributed by atoms with van der Waals surface area (Å²) in [5.74, 6) is 0.441. The van der Waals surface area contributed by atoms with Crippen LogP contribution in [0.4, 0.5) is 15.9 Å². The minimum absolute atomic E-state index is 0.151. The van der Waals surface area contributed by atoms with Gasteiger partial charge in [-0.25, -0.2) is 9.37 Å². The van der Waals surface area contributed by atoms with Crippen LogP contribution in [0.3, 0.4) is 0 Å². The third-order valence-corrected chi connectivity index (χ3v) is 3.89. The number of hydrogen-bond acceptors (Lipinski definition) is 4. The minimum Gasteiger partial charge on any atom is -0.383 e. The summed E-state index contributed by atoms with van der Waals surface area (Å²) in [6, 6.07) is 10.9. The molecule has 1 aliphatic heterocycles. The molecule has 1 aromatic heterocycles. The van der Waals surface area contributed by atoms with Gasteiger partial charge >= 0.3 is 0 Å². The quantitative estimate of drug-likeness (QED) is 0.939. The Bertz CT molecular complexity index is 609. The van der Waals surface area contributed by atoms with Gasteiger partial charge in [0.1, 0.15) is 11.6 Å². The molecule has 21 heavy (non-hydrogen) atoms. The lowest BCUT2D eigenvalue weighted by Gasteiger charge is -2.36. The molecule has 0 atom stereocenters. The Morgan fingerprint density at radius 1 is 1.05 bits per heavy atom. The van der Waals surface area contributed by atoms with Crippen LogP contribution in [0, 0.1) is 5.82 Å². The fraction of sp³-hybridized carbons (Fsp3) is 0.312. The van der Waals surface area contributed by atoms with Crippen LogP contribution in [0.1, 0.15) is 5.56 Å². The second-order valence-electron chi connectivity index (χ2n) is 5.26. The average molecular weight is 286 g/mol. The summed E-state index contributed by atoms with van der Waals surface area (Å²) in [6.45, 7) is 4.22. The zero-order valence-electron chi connectivity index (χ0n) is 11.9. The van der Waals surface area contributed by atoms with Gasteiger partial charge in [0.25, 0.3) is 0 Å². The summed E-state index contributed by atoms with van der Waals surface area (Å²) in [4.78, 5) is 8.53. The van der Waals surface area contributed by atoms with Crippen molar-refractivity contribution in [2.24, 2.45) is 0 Å². The van der Waals surface area contributed by atoms with Gasteiger partial charge in [0.2, 0.25) is 0 Å². The molecular weight excluding hydrogens is 267 g/mol. The molecule has 0 unspecified atom stereocenters. The monoisotopic (exact) mass is 286 g/mol. The van der Waals surface area contributed by atoms with Crippen LogP contribution in [0.5, 0.6) is 0 Å². The van der Waals surface area contributed by atoms with Crippen molar-refractivity contribution >= 4 is 11.5 Å². The summed E-state index contributed by atoms with van der Waals surface area (Å²) in [7, 11) is 0. The molecule has 0 bridgehead atoms. The molecule has 2 aromatic rings. The summed E-state index contributed by atoms with van der Waals surface area (Å²) >= 11 is 0. The molecule has 5 heteroatoms. The van der Waals surface area contributed by atoms with Crippen molar-refractivity contribution in [2.75, 3.05) is 36.8 Å². The van der Waals surface area contributed by atoms with E-state index < -0.39 is 0 Å². The smallest absolute Gasteiger partial charge is 0.146 e. The molecule has 1 fully saturated rings. The lowest BCUT2D eigenvalue weighted by Crippen LogP contribution is -2.46. The van der Waals surface area contributed by atoms with Gasteiger partial charge in [-0.05, 0) is 18.2 Å². The van der Waals surface area contributed by atoms with Crippen molar-refractivity contribution in [3.63, 3.8) is 0 Å². The Hall–Kier alpha value is -2.14. The molecule has 1 aliphatic rings. The van der Waals surface area contributed by atoms with E-state index in [-0.39, 0.29) is 5.82 Å². The lowest BCUT2D eigenvalue weighted by atomic mass is 10.2.